The predicted molar refractivity (Wildman–Crippen MR) is 81.2 cm³/mol. The van der Waals surface area contributed by atoms with E-state index in [0.29, 0.717) is 12.8 Å². The van der Waals surface area contributed by atoms with E-state index in [1.807, 2.05) is 38.2 Å². The molecule has 0 aliphatic rings. The van der Waals surface area contributed by atoms with Gasteiger partial charge in [-0.15, -0.1) is 0 Å². The van der Waals surface area contributed by atoms with Crippen LogP contribution in [-0.2, 0) is 16.0 Å². The molecular weight excluding hydrogens is 268 g/mol. The van der Waals surface area contributed by atoms with E-state index in [4.69, 9.17) is 5.11 Å². The number of aliphatic carboxylic acids is 1. The number of hydrogen-bond donors (Lipinski definition) is 3. The molecule has 0 aliphatic carbocycles. The number of H-pyrrole nitrogens is 1. The molecule has 0 saturated carbocycles. The maximum atomic E-state index is 12.1. The van der Waals surface area contributed by atoms with Crippen molar-refractivity contribution in [2.45, 2.75) is 39.2 Å². The van der Waals surface area contributed by atoms with Crippen LogP contribution in [0.5, 0.6) is 0 Å². The number of carbonyl (C=O) groups excluding carboxylic acids is 1. The van der Waals surface area contributed by atoms with E-state index in [9.17, 15) is 9.59 Å². The van der Waals surface area contributed by atoms with Crippen molar-refractivity contribution in [1.29, 1.82) is 0 Å². The van der Waals surface area contributed by atoms with E-state index < -0.39 is 12.0 Å². The van der Waals surface area contributed by atoms with Gasteiger partial charge in [-0.05, 0) is 30.5 Å². The fourth-order valence-electron chi connectivity index (χ4n) is 2.56. The minimum Gasteiger partial charge on any atom is -0.480 e. The number of aromatic amines is 1. The minimum atomic E-state index is -0.986. The molecule has 0 saturated heterocycles. The van der Waals surface area contributed by atoms with Gasteiger partial charge in [0.2, 0.25) is 5.91 Å². The molecule has 2 rings (SSSR count). The quantitative estimate of drug-likeness (QED) is 0.763. The molecule has 0 fully saturated rings. The van der Waals surface area contributed by atoms with Gasteiger partial charge in [-0.1, -0.05) is 25.5 Å². The Bertz CT molecular complexity index is 661. The zero-order valence-electron chi connectivity index (χ0n) is 12.3. The van der Waals surface area contributed by atoms with Crippen molar-refractivity contribution in [3.63, 3.8) is 0 Å². The first-order valence-corrected chi connectivity index (χ1v) is 7.10. The molecule has 5 heteroatoms. The lowest BCUT2D eigenvalue weighted by molar-refractivity contribution is -0.141. The highest BCUT2D eigenvalue weighted by Crippen LogP contribution is 2.22. The number of amides is 1. The van der Waals surface area contributed by atoms with E-state index in [1.165, 1.54) is 0 Å². The zero-order chi connectivity index (χ0) is 15.4. The number of benzene rings is 1. The van der Waals surface area contributed by atoms with Crippen LogP contribution in [0.4, 0.5) is 0 Å². The summed E-state index contributed by atoms with van der Waals surface area (Å²) in [6.45, 7) is 3.89. The SMILES string of the molecule is CCCC(NC(=O)Cc1c[nH]c2cccc(C)c12)C(=O)O. The molecule has 3 N–H and O–H groups in total. The number of rotatable bonds is 6. The van der Waals surface area contributed by atoms with Crippen LogP contribution in [0.1, 0.15) is 30.9 Å². The van der Waals surface area contributed by atoms with Gasteiger partial charge in [-0.25, -0.2) is 4.79 Å². The van der Waals surface area contributed by atoms with Crippen molar-refractivity contribution >= 4 is 22.8 Å². The van der Waals surface area contributed by atoms with Crippen molar-refractivity contribution in [3.8, 4) is 0 Å². The zero-order valence-corrected chi connectivity index (χ0v) is 12.3. The third-order valence-corrected chi connectivity index (χ3v) is 3.56. The lowest BCUT2D eigenvalue weighted by Crippen LogP contribution is -2.41. The van der Waals surface area contributed by atoms with Gasteiger partial charge in [0.15, 0.2) is 0 Å². The lowest BCUT2D eigenvalue weighted by Gasteiger charge is -2.13. The third kappa shape index (κ3) is 3.42. The van der Waals surface area contributed by atoms with Crippen LogP contribution in [-0.4, -0.2) is 28.0 Å². The molecule has 0 radical (unpaired) electrons. The Morgan fingerprint density at radius 1 is 1.38 bits per heavy atom. The average Bonchev–Trinajstić information content (AvgIpc) is 2.82. The molecule has 1 atom stereocenters. The second-order valence-corrected chi connectivity index (χ2v) is 5.24. The van der Waals surface area contributed by atoms with Gasteiger partial charge in [-0.2, -0.15) is 0 Å². The van der Waals surface area contributed by atoms with Gasteiger partial charge in [0, 0.05) is 17.1 Å². The molecule has 1 heterocycles. The van der Waals surface area contributed by atoms with Crippen molar-refractivity contribution < 1.29 is 14.7 Å². The Balaban J connectivity index is 2.13. The highest BCUT2D eigenvalue weighted by atomic mass is 16.4. The summed E-state index contributed by atoms with van der Waals surface area (Å²) in [7, 11) is 0. The summed E-state index contributed by atoms with van der Waals surface area (Å²) < 4.78 is 0. The number of carbonyl (C=O) groups is 2. The Morgan fingerprint density at radius 3 is 2.81 bits per heavy atom. The molecule has 1 aromatic heterocycles. The highest BCUT2D eigenvalue weighted by Gasteiger charge is 2.19. The molecule has 0 aliphatic heterocycles. The van der Waals surface area contributed by atoms with Gasteiger partial charge in [-0.3, -0.25) is 4.79 Å². The highest BCUT2D eigenvalue weighted by molar-refractivity contribution is 5.92. The number of hydrogen-bond acceptors (Lipinski definition) is 2. The Labute approximate surface area is 123 Å². The summed E-state index contributed by atoms with van der Waals surface area (Å²) in [6.07, 6.45) is 3.14. The van der Waals surface area contributed by atoms with Crippen LogP contribution in [0.15, 0.2) is 24.4 Å². The van der Waals surface area contributed by atoms with Crippen LogP contribution < -0.4 is 5.32 Å². The van der Waals surface area contributed by atoms with E-state index in [0.717, 1.165) is 22.0 Å². The predicted octanol–water partition coefficient (Wildman–Crippen LogP) is 2.39. The number of nitrogens with one attached hydrogen (secondary N) is 2. The molecule has 112 valence electrons. The molecular formula is C16H20N2O3. The van der Waals surface area contributed by atoms with Gasteiger partial charge in [0.05, 0.1) is 6.42 Å². The summed E-state index contributed by atoms with van der Waals surface area (Å²) in [5, 5.41) is 12.7. The molecule has 5 nitrogen and oxygen atoms in total. The van der Waals surface area contributed by atoms with Gasteiger partial charge in [0.1, 0.15) is 6.04 Å². The lowest BCUT2D eigenvalue weighted by atomic mass is 10.0. The number of aromatic nitrogens is 1. The van der Waals surface area contributed by atoms with Crippen molar-refractivity contribution in [2.24, 2.45) is 0 Å². The number of fused-ring (bicyclic) bond motifs is 1. The first-order valence-electron chi connectivity index (χ1n) is 7.10. The third-order valence-electron chi connectivity index (χ3n) is 3.56. The van der Waals surface area contributed by atoms with E-state index in [1.54, 1.807) is 0 Å². The van der Waals surface area contributed by atoms with Gasteiger partial charge >= 0.3 is 5.97 Å². The topological polar surface area (TPSA) is 82.2 Å². The molecule has 1 unspecified atom stereocenters. The fraction of sp³-hybridized carbons (Fsp3) is 0.375. The second-order valence-electron chi connectivity index (χ2n) is 5.24. The van der Waals surface area contributed by atoms with Crippen molar-refractivity contribution in [2.75, 3.05) is 0 Å². The van der Waals surface area contributed by atoms with Crippen LogP contribution in [0.25, 0.3) is 10.9 Å². The number of carboxylic acid groups (broad SMARTS) is 1. The fourth-order valence-corrected chi connectivity index (χ4v) is 2.56. The van der Waals surface area contributed by atoms with E-state index in [-0.39, 0.29) is 12.3 Å². The molecule has 2 aromatic rings. The first kappa shape index (κ1) is 15.1. The molecule has 0 spiro atoms. The standard InChI is InChI=1S/C16H20N2O3/c1-3-5-13(16(20)21)18-14(19)8-11-9-17-12-7-4-6-10(2)15(11)12/h4,6-7,9,13,17H,3,5,8H2,1-2H3,(H,18,19)(H,20,21). The van der Waals surface area contributed by atoms with Crippen LogP contribution >= 0.6 is 0 Å². The maximum Gasteiger partial charge on any atom is 0.326 e. The Morgan fingerprint density at radius 2 is 2.14 bits per heavy atom. The van der Waals surface area contributed by atoms with Crippen molar-refractivity contribution in [1.82, 2.24) is 10.3 Å². The first-order chi connectivity index (χ1) is 10.0. The monoisotopic (exact) mass is 288 g/mol. The van der Waals surface area contributed by atoms with Crippen molar-refractivity contribution in [3.05, 3.63) is 35.5 Å². The van der Waals surface area contributed by atoms with Crippen LogP contribution in [0, 0.1) is 6.92 Å². The second kappa shape index (κ2) is 6.43. The largest absolute Gasteiger partial charge is 0.480 e. The Hall–Kier alpha value is -2.30. The molecule has 21 heavy (non-hydrogen) atoms. The van der Waals surface area contributed by atoms with Crippen LogP contribution in [0.2, 0.25) is 0 Å². The molecule has 1 aromatic carbocycles. The van der Waals surface area contributed by atoms with E-state index in [2.05, 4.69) is 10.3 Å². The normalized spacial score (nSPS) is 12.3. The summed E-state index contributed by atoms with van der Waals surface area (Å²) in [6, 6.07) is 5.10. The summed E-state index contributed by atoms with van der Waals surface area (Å²) in [4.78, 5) is 26.3. The summed E-state index contributed by atoms with van der Waals surface area (Å²) in [5.74, 6) is -1.25. The number of aryl methyl sites for hydroxylation is 1. The molecule has 0 bridgehead atoms. The maximum absolute atomic E-state index is 12.1. The number of carboxylic acids is 1. The summed E-state index contributed by atoms with van der Waals surface area (Å²) in [5.41, 5.74) is 2.97. The van der Waals surface area contributed by atoms with Gasteiger partial charge < -0.3 is 15.4 Å². The van der Waals surface area contributed by atoms with Gasteiger partial charge in [0.25, 0.3) is 0 Å². The van der Waals surface area contributed by atoms with E-state index >= 15 is 0 Å². The average molecular weight is 288 g/mol. The summed E-state index contributed by atoms with van der Waals surface area (Å²) >= 11 is 0. The smallest absolute Gasteiger partial charge is 0.326 e. The van der Waals surface area contributed by atoms with Crippen LogP contribution in [0.3, 0.4) is 0 Å². The molecule has 1 amide bonds. The Kier molecular flexibility index (Phi) is 4.62. The minimum absolute atomic E-state index is 0.179.